The smallest absolute Gasteiger partial charge is 0.168 e. The first-order chi connectivity index (χ1) is 6.29. The van der Waals surface area contributed by atoms with Crippen molar-refractivity contribution in [1.82, 2.24) is 9.97 Å². The molecule has 2 rings (SSSR count). The Labute approximate surface area is 88.3 Å². The molecule has 2 aromatic heterocycles. The zero-order valence-electron chi connectivity index (χ0n) is 6.57. The van der Waals surface area contributed by atoms with Crippen LogP contribution < -0.4 is 0 Å². The maximum absolute atomic E-state index is 10.4. The van der Waals surface area contributed by atoms with Gasteiger partial charge in [0.1, 0.15) is 9.39 Å². The Balaban J connectivity index is 2.74. The first-order valence-corrected chi connectivity index (χ1v) is 4.76. The topological polar surface area (TPSA) is 42.9 Å². The predicted octanol–water partition coefficient (Wildman–Crippen LogP) is 2.05. The Kier molecular flexibility index (Phi) is 2.22. The third kappa shape index (κ3) is 1.67. The number of halogens is 1. The van der Waals surface area contributed by atoms with E-state index in [0.29, 0.717) is 11.3 Å². The fraction of sp³-hybridized carbons (Fsp3) is 0. The Bertz CT molecular complexity index is 470. The molecule has 0 aliphatic carbocycles. The minimum absolute atomic E-state index is 0.419. The molecular formula is C9H5IN2O. The van der Waals surface area contributed by atoms with Crippen LogP contribution in [0.25, 0.3) is 11.0 Å². The molecule has 0 saturated carbocycles. The second kappa shape index (κ2) is 3.37. The van der Waals surface area contributed by atoms with Crippen molar-refractivity contribution >= 4 is 39.9 Å². The van der Waals surface area contributed by atoms with Gasteiger partial charge in [0.2, 0.25) is 0 Å². The van der Waals surface area contributed by atoms with Crippen molar-refractivity contribution in [2.45, 2.75) is 0 Å². The number of nitrogens with zero attached hydrogens (tertiary/aromatic N) is 2. The molecule has 2 aromatic rings. The van der Waals surface area contributed by atoms with Crippen LogP contribution in [0, 0.1) is 3.70 Å². The Hall–Kier alpha value is -1.04. The first-order valence-electron chi connectivity index (χ1n) is 3.68. The summed E-state index contributed by atoms with van der Waals surface area (Å²) in [5.74, 6) is 0. The molecule has 0 bridgehead atoms. The lowest BCUT2D eigenvalue weighted by Crippen LogP contribution is -1.90. The number of hydrogen-bond donors (Lipinski definition) is 0. The molecule has 0 fully saturated rings. The lowest BCUT2D eigenvalue weighted by atomic mass is 10.2. The highest BCUT2D eigenvalue weighted by molar-refractivity contribution is 14.1. The molecule has 2 heterocycles. The normalized spacial score (nSPS) is 10.2. The summed E-state index contributed by atoms with van der Waals surface area (Å²) in [6.07, 6.45) is 0.723. The Morgan fingerprint density at radius 2 is 1.92 bits per heavy atom. The Morgan fingerprint density at radius 1 is 1.15 bits per heavy atom. The van der Waals surface area contributed by atoms with E-state index in [1.54, 1.807) is 6.07 Å². The van der Waals surface area contributed by atoms with Gasteiger partial charge in [0.05, 0.1) is 0 Å². The summed E-state index contributed by atoms with van der Waals surface area (Å²) < 4.78 is 0.876. The Morgan fingerprint density at radius 3 is 2.69 bits per heavy atom. The van der Waals surface area contributed by atoms with E-state index in [1.165, 1.54) is 0 Å². The highest BCUT2D eigenvalue weighted by Gasteiger charge is 1.98. The van der Waals surface area contributed by atoms with Gasteiger partial charge in [-0.25, -0.2) is 9.97 Å². The van der Waals surface area contributed by atoms with Gasteiger partial charge in [-0.15, -0.1) is 0 Å². The van der Waals surface area contributed by atoms with Gasteiger partial charge in [-0.1, -0.05) is 0 Å². The lowest BCUT2D eigenvalue weighted by Gasteiger charge is -1.96. The van der Waals surface area contributed by atoms with Crippen molar-refractivity contribution in [1.29, 1.82) is 0 Å². The van der Waals surface area contributed by atoms with Crippen molar-refractivity contribution in [2.24, 2.45) is 0 Å². The number of fused-ring (bicyclic) bond motifs is 1. The van der Waals surface area contributed by atoms with E-state index in [0.717, 1.165) is 15.4 Å². The fourth-order valence-electron chi connectivity index (χ4n) is 1.06. The highest BCUT2D eigenvalue weighted by Crippen LogP contribution is 2.11. The van der Waals surface area contributed by atoms with Crippen LogP contribution in [0.1, 0.15) is 10.5 Å². The van der Waals surface area contributed by atoms with Crippen LogP contribution in [-0.2, 0) is 0 Å². The number of aromatic nitrogens is 2. The van der Waals surface area contributed by atoms with E-state index in [2.05, 4.69) is 32.6 Å². The molecule has 4 heteroatoms. The zero-order valence-corrected chi connectivity index (χ0v) is 8.72. The molecule has 0 atom stereocenters. The first kappa shape index (κ1) is 8.55. The second-order valence-electron chi connectivity index (χ2n) is 2.53. The number of carbonyl (C=O) groups is 1. The van der Waals surface area contributed by atoms with Gasteiger partial charge in [0.25, 0.3) is 0 Å². The number of rotatable bonds is 1. The molecule has 13 heavy (non-hydrogen) atoms. The van der Waals surface area contributed by atoms with Crippen molar-refractivity contribution in [2.75, 3.05) is 0 Å². The third-order valence-electron chi connectivity index (χ3n) is 1.66. The number of hydrogen-bond acceptors (Lipinski definition) is 3. The molecule has 0 spiro atoms. The predicted molar refractivity (Wildman–Crippen MR) is 57.6 cm³/mol. The van der Waals surface area contributed by atoms with Crippen LogP contribution in [0.5, 0.6) is 0 Å². The molecular weight excluding hydrogens is 279 g/mol. The maximum atomic E-state index is 10.4. The largest absolute Gasteiger partial charge is 0.296 e. The summed E-state index contributed by atoms with van der Waals surface area (Å²) in [7, 11) is 0. The van der Waals surface area contributed by atoms with E-state index < -0.39 is 0 Å². The average molecular weight is 284 g/mol. The number of pyridine rings is 2. The quantitative estimate of drug-likeness (QED) is 0.457. The highest BCUT2D eigenvalue weighted by atomic mass is 127. The van der Waals surface area contributed by atoms with Gasteiger partial charge >= 0.3 is 0 Å². The van der Waals surface area contributed by atoms with Crippen molar-refractivity contribution in [3.05, 3.63) is 33.7 Å². The summed E-state index contributed by atoms with van der Waals surface area (Å²) in [5.41, 5.74) is 1.04. The molecule has 0 radical (unpaired) electrons. The van der Waals surface area contributed by atoms with Gasteiger partial charge in [-0.3, -0.25) is 4.79 Å². The SMILES string of the molecule is O=Cc1ccc2ccc(I)nc2n1. The van der Waals surface area contributed by atoms with Crippen LogP contribution in [-0.4, -0.2) is 16.3 Å². The van der Waals surface area contributed by atoms with Crippen LogP contribution in [0.2, 0.25) is 0 Å². The van der Waals surface area contributed by atoms with E-state index in [-0.39, 0.29) is 0 Å². The zero-order chi connectivity index (χ0) is 9.26. The van der Waals surface area contributed by atoms with Crippen LogP contribution in [0.3, 0.4) is 0 Å². The van der Waals surface area contributed by atoms with Crippen molar-refractivity contribution < 1.29 is 4.79 Å². The van der Waals surface area contributed by atoms with Crippen LogP contribution in [0.15, 0.2) is 24.3 Å². The van der Waals surface area contributed by atoms with Gasteiger partial charge in [0.15, 0.2) is 11.9 Å². The summed E-state index contributed by atoms with van der Waals surface area (Å²) in [4.78, 5) is 18.7. The van der Waals surface area contributed by atoms with Crippen molar-refractivity contribution in [3.8, 4) is 0 Å². The van der Waals surface area contributed by atoms with Gasteiger partial charge in [-0.2, -0.15) is 0 Å². The molecule has 0 aliphatic heterocycles. The van der Waals surface area contributed by atoms with Gasteiger partial charge < -0.3 is 0 Å². The van der Waals surface area contributed by atoms with E-state index in [9.17, 15) is 4.79 Å². The minimum atomic E-state index is 0.419. The average Bonchev–Trinajstić information content (AvgIpc) is 2.16. The fourth-order valence-corrected chi connectivity index (χ4v) is 1.46. The third-order valence-corrected chi connectivity index (χ3v) is 2.26. The molecule has 0 aliphatic rings. The number of aldehydes is 1. The lowest BCUT2D eigenvalue weighted by molar-refractivity contribution is 0.111. The van der Waals surface area contributed by atoms with Crippen molar-refractivity contribution in [3.63, 3.8) is 0 Å². The molecule has 64 valence electrons. The van der Waals surface area contributed by atoms with E-state index in [1.807, 2.05) is 18.2 Å². The van der Waals surface area contributed by atoms with E-state index >= 15 is 0 Å². The summed E-state index contributed by atoms with van der Waals surface area (Å²) in [5, 5.41) is 0.950. The minimum Gasteiger partial charge on any atom is -0.296 e. The summed E-state index contributed by atoms with van der Waals surface area (Å²) >= 11 is 2.11. The molecule has 0 N–H and O–H groups in total. The standard InChI is InChI=1S/C9H5IN2O/c10-8-4-2-6-1-3-7(5-13)11-9(6)12-8/h1-5H. The van der Waals surface area contributed by atoms with Gasteiger partial charge in [0, 0.05) is 5.39 Å². The summed E-state index contributed by atoms with van der Waals surface area (Å²) in [6, 6.07) is 7.37. The number of carbonyl (C=O) groups excluding carboxylic acids is 1. The molecule has 0 aromatic carbocycles. The van der Waals surface area contributed by atoms with Gasteiger partial charge in [-0.05, 0) is 46.9 Å². The van der Waals surface area contributed by atoms with Crippen LogP contribution in [0.4, 0.5) is 0 Å². The molecule has 0 unspecified atom stereocenters. The molecule has 0 amide bonds. The second-order valence-corrected chi connectivity index (χ2v) is 3.64. The summed E-state index contributed by atoms with van der Waals surface area (Å²) in [6.45, 7) is 0. The maximum Gasteiger partial charge on any atom is 0.168 e. The molecule has 0 saturated heterocycles. The monoisotopic (exact) mass is 284 g/mol. The molecule has 3 nitrogen and oxygen atoms in total. The van der Waals surface area contributed by atoms with Crippen LogP contribution >= 0.6 is 22.6 Å². The van der Waals surface area contributed by atoms with E-state index in [4.69, 9.17) is 0 Å².